The minimum absolute atomic E-state index is 0.0502. The summed E-state index contributed by atoms with van der Waals surface area (Å²) >= 11 is 0. The maximum absolute atomic E-state index is 9.52. The van der Waals surface area contributed by atoms with E-state index in [-0.39, 0.29) is 18.1 Å². The van der Waals surface area contributed by atoms with Crippen molar-refractivity contribution in [1.29, 1.82) is 0 Å². The molecule has 1 saturated heterocycles. The van der Waals surface area contributed by atoms with E-state index < -0.39 is 0 Å². The van der Waals surface area contributed by atoms with E-state index in [0.29, 0.717) is 5.92 Å². The molecule has 0 saturated carbocycles. The molecule has 84 valence electrons. The molecular formula is C12H24O2. The summed E-state index contributed by atoms with van der Waals surface area (Å²) in [5.74, 6) is 0.705. The molecule has 2 heteroatoms. The van der Waals surface area contributed by atoms with Crippen LogP contribution in [0.2, 0.25) is 0 Å². The van der Waals surface area contributed by atoms with Crippen molar-refractivity contribution in [3.63, 3.8) is 0 Å². The molecule has 14 heavy (non-hydrogen) atoms. The minimum Gasteiger partial charge on any atom is -0.396 e. The zero-order valence-corrected chi connectivity index (χ0v) is 9.75. The third-order valence-electron chi connectivity index (χ3n) is 3.68. The molecule has 0 spiro atoms. The van der Waals surface area contributed by atoms with E-state index in [9.17, 15) is 5.11 Å². The van der Waals surface area contributed by atoms with Crippen LogP contribution < -0.4 is 0 Å². The average molecular weight is 200 g/mol. The van der Waals surface area contributed by atoms with Gasteiger partial charge in [-0.2, -0.15) is 0 Å². The highest BCUT2D eigenvalue weighted by molar-refractivity contribution is 4.90. The van der Waals surface area contributed by atoms with Gasteiger partial charge in [0, 0.05) is 12.0 Å². The Morgan fingerprint density at radius 2 is 2.29 bits per heavy atom. The fourth-order valence-corrected chi connectivity index (χ4v) is 2.65. The van der Waals surface area contributed by atoms with Crippen molar-refractivity contribution in [3.05, 3.63) is 0 Å². The highest BCUT2D eigenvalue weighted by Crippen LogP contribution is 2.40. The summed E-state index contributed by atoms with van der Waals surface area (Å²) in [6.07, 6.45) is 4.86. The van der Waals surface area contributed by atoms with Crippen molar-refractivity contribution in [2.45, 2.75) is 52.6 Å². The molecule has 0 aromatic carbocycles. The van der Waals surface area contributed by atoms with Gasteiger partial charge in [-0.05, 0) is 25.7 Å². The van der Waals surface area contributed by atoms with Gasteiger partial charge in [0.1, 0.15) is 0 Å². The summed E-state index contributed by atoms with van der Waals surface area (Å²) < 4.78 is 5.58. The van der Waals surface area contributed by atoms with Gasteiger partial charge < -0.3 is 9.84 Å². The van der Waals surface area contributed by atoms with Gasteiger partial charge in [-0.25, -0.2) is 0 Å². The van der Waals surface area contributed by atoms with Crippen LogP contribution in [-0.2, 0) is 4.74 Å². The molecule has 3 atom stereocenters. The second kappa shape index (κ2) is 5.13. The molecule has 0 amide bonds. The summed E-state index contributed by atoms with van der Waals surface area (Å²) in [5.41, 5.74) is 0.0502. The molecule has 0 aliphatic carbocycles. The lowest BCUT2D eigenvalue weighted by Gasteiger charge is -2.32. The number of hydrogen-bond donors (Lipinski definition) is 1. The van der Waals surface area contributed by atoms with Gasteiger partial charge >= 0.3 is 0 Å². The lowest BCUT2D eigenvalue weighted by molar-refractivity contribution is 0.0123. The standard InChI is InChI=1S/C12H24O2/c1-4-5-10(2)8-12(9-13)6-7-14-11(12)3/h10-11,13H,4-9H2,1-3H3. The second-order valence-electron chi connectivity index (χ2n) is 4.88. The van der Waals surface area contributed by atoms with Crippen LogP contribution in [0.5, 0.6) is 0 Å². The summed E-state index contributed by atoms with van der Waals surface area (Å²) in [4.78, 5) is 0. The summed E-state index contributed by atoms with van der Waals surface area (Å²) in [7, 11) is 0. The van der Waals surface area contributed by atoms with E-state index in [1.807, 2.05) is 0 Å². The molecule has 0 bridgehead atoms. The van der Waals surface area contributed by atoms with E-state index in [2.05, 4.69) is 20.8 Å². The lowest BCUT2D eigenvalue weighted by atomic mass is 9.74. The first-order valence-electron chi connectivity index (χ1n) is 5.87. The number of aliphatic hydroxyl groups excluding tert-OH is 1. The molecule has 1 aliphatic heterocycles. The number of hydrogen-bond acceptors (Lipinski definition) is 2. The predicted molar refractivity (Wildman–Crippen MR) is 58.2 cm³/mol. The lowest BCUT2D eigenvalue weighted by Crippen LogP contribution is -2.34. The largest absolute Gasteiger partial charge is 0.396 e. The smallest absolute Gasteiger partial charge is 0.0626 e. The van der Waals surface area contributed by atoms with Gasteiger partial charge in [0.15, 0.2) is 0 Å². The summed E-state index contributed by atoms with van der Waals surface area (Å²) in [6.45, 7) is 7.70. The summed E-state index contributed by atoms with van der Waals surface area (Å²) in [6, 6.07) is 0. The first-order valence-corrected chi connectivity index (χ1v) is 5.87. The molecule has 3 unspecified atom stereocenters. The average Bonchev–Trinajstić information content (AvgIpc) is 2.49. The van der Waals surface area contributed by atoms with Crippen LogP contribution >= 0.6 is 0 Å². The van der Waals surface area contributed by atoms with Gasteiger partial charge in [-0.1, -0.05) is 26.7 Å². The highest BCUT2D eigenvalue weighted by Gasteiger charge is 2.41. The molecule has 1 fully saturated rings. The normalized spacial score (nSPS) is 34.7. The van der Waals surface area contributed by atoms with Crippen molar-refractivity contribution in [2.24, 2.45) is 11.3 Å². The Kier molecular flexibility index (Phi) is 4.39. The van der Waals surface area contributed by atoms with Crippen LogP contribution in [0.4, 0.5) is 0 Å². The molecule has 0 radical (unpaired) electrons. The van der Waals surface area contributed by atoms with Crippen molar-refractivity contribution < 1.29 is 9.84 Å². The second-order valence-corrected chi connectivity index (χ2v) is 4.88. The Morgan fingerprint density at radius 1 is 1.57 bits per heavy atom. The summed E-state index contributed by atoms with van der Waals surface area (Å²) in [5, 5.41) is 9.52. The molecular weight excluding hydrogens is 176 g/mol. The maximum Gasteiger partial charge on any atom is 0.0626 e. The zero-order chi connectivity index (χ0) is 10.6. The molecule has 0 aromatic rings. The molecule has 1 N–H and O–H groups in total. The SMILES string of the molecule is CCCC(C)CC1(CO)CCOC1C. The van der Waals surface area contributed by atoms with E-state index in [1.54, 1.807) is 0 Å². The van der Waals surface area contributed by atoms with Crippen LogP contribution in [0.1, 0.15) is 46.5 Å². The van der Waals surface area contributed by atoms with Gasteiger partial charge in [-0.15, -0.1) is 0 Å². The fraction of sp³-hybridized carbons (Fsp3) is 1.00. The van der Waals surface area contributed by atoms with E-state index in [0.717, 1.165) is 19.4 Å². The molecule has 2 nitrogen and oxygen atoms in total. The molecule has 1 rings (SSSR count). The van der Waals surface area contributed by atoms with Crippen molar-refractivity contribution >= 4 is 0 Å². The van der Waals surface area contributed by atoms with Crippen LogP contribution in [-0.4, -0.2) is 24.4 Å². The highest BCUT2D eigenvalue weighted by atomic mass is 16.5. The van der Waals surface area contributed by atoms with E-state index in [4.69, 9.17) is 4.74 Å². The van der Waals surface area contributed by atoms with E-state index >= 15 is 0 Å². The van der Waals surface area contributed by atoms with Crippen molar-refractivity contribution in [1.82, 2.24) is 0 Å². The first kappa shape index (κ1) is 12.0. The van der Waals surface area contributed by atoms with Gasteiger partial charge in [0.2, 0.25) is 0 Å². The predicted octanol–water partition coefficient (Wildman–Crippen LogP) is 2.60. The van der Waals surface area contributed by atoms with Crippen molar-refractivity contribution in [2.75, 3.05) is 13.2 Å². The third-order valence-corrected chi connectivity index (χ3v) is 3.68. The maximum atomic E-state index is 9.52. The Labute approximate surface area is 87.7 Å². The van der Waals surface area contributed by atoms with Crippen LogP contribution in [0, 0.1) is 11.3 Å². The monoisotopic (exact) mass is 200 g/mol. The Balaban J connectivity index is 2.52. The minimum atomic E-state index is 0.0502. The quantitative estimate of drug-likeness (QED) is 0.739. The third kappa shape index (κ3) is 2.48. The molecule has 1 heterocycles. The van der Waals surface area contributed by atoms with Gasteiger partial charge in [0.05, 0.1) is 12.7 Å². The van der Waals surface area contributed by atoms with E-state index in [1.165, 1.54) is 12.8 Å². The topological polar surface area (TPSA) is 29.5 Å². The number of aliphatic hydroxyl groups is 1. The molecule has 0 aromatic heterocycles. The Hall–Kier alpha value is -0.0800. The number of ether oxygens (including phenoxy) is 1. The Morgan fingerprint density at radius 3 is 2.71 bits per heavy atom. The van der Waals surface area contributed by atoms with Crippen LogP contribution in [0.15, 0.2) is 0 Å². The molecule has 1 aliphatic rings. The fourth-order valence-electron chi connectivity index (χ4n) is 2.65. The van der Waals surface area contributed by atoms with Gasteiger partial charge in [-0.3, -0.25) is 0 Å². The van der Waals surface area contributed by atoms with Crippen molar-refractivity contribution in [3.8, 4) is 0 Å². The number of rotatable bonds is 5. The van der Waals surface area contributed by atoms with Crippen LogP contribution in [0.25, 0.3) is 0 Å². The van der Waals surface area contributed by atoms with Gasteiger partial charge in [0.25, 0.3) is 0 Å². The zero-order valence-electron chi connectivity index (χ0n) is 9.75. The Bertz CT molecular complexity index is 170. The van der Waals surface area contributed by atoms with Crippen LogP contribution in [0.3, 0.4) is 0 Å². The first-order chi connectivity index (χ1) is 6.64.